The highest BCUT2D eigenvalue weighted by Gasteiger charge is 2.47. The number of nitrogens with zero attached hydrogens (tertiary/aromatic N) is 2. The molecule has 1 N–H and O–H groups in total. The summed E-state index contributed by atoms with van der Waals surface area (Å²) in [5.74, 6) is -0.311. The molecule has 0 spiro atoms. The number of hydrogen-bond acceptors (Lipinski definition) is 4. The lowest BCUT2D eigenvalue weighted by Crippen LogP contribution is -2.44. The van der Waals surface area contributed by atoms with Crippen LogP contribution in [0.25, 0.3) is 0 Å². The van der Waals surface area contributed by atoms with Crippen LogP contribution in [0.3, 0.4) is 0 Å². The topological polar surface area (TPSA) is 61.8 Å². The van der Waals surface area contributed by atoms with E-state index in [1.807, 2.05) is 48.7 Å². The molecule has 1 aromatic heterocycles. The minimum atomic E-state index is -0.922. The third-order valence-electron chi connectivity index (χ3n) is 4.19. The molecule has 0 aliphatic carbocycles. The van der Waals surface area contributed by atoms with Crippen molar-refractivity contribution >= 4 is 29.5 Å². The molecule has 1 atom stereocenters. The van der Waals surface area contributed by atoms with Crippen molar-refractivity contribution in [3.05, 3.63) is 57.8 Å². The average molecular weight is 341 g/mol. The molecular weight excluding hydrogens is 322 g/mol. The van der Waals surface area contributed by atoms with Gasteiger partial charge in [-0.05, 0) is 49.3 Å². The Balaban J connectivity index is 1.71. The summed E-state index contributed by atoms with van der Waals surface area (Å²) in [4.78, 5) is 25.7. The van der Waals surface area contributed by atoms with Gasteiger partial charge in [0.2, 0.25) is 0 Å². The Hall–Kier alpha value is -2.47. The van der Waals surface area contributed by atoms with E-state index in [2.05, 4.69) is 10.4 Å². The summed E-state index contributed by atoms with van der Waals surface area (Å²) in [5.41, 5.74) is 1.29. The molecule has 1 saturated heterocycles. The van der Waals surface area contributed by atoms with Gasteiger partial charge in [0.05, 0.1) is 11.1 Å². The van der Waals surface area contributed by atoms with Crippen LogP contribution in [0.1, 0.15) is 29.3 Å². The van der Waals surface area contributed by atoms with Gasteiger partial charge in [-0.15, -0.1) is 16.3 Å². The van der Waals surface area contributed by atoms with Crippen LogP contribution in [-0.4, -0.2) is 28.7 Å². The smallest absolute Gasteiger partial charge is 0.322 e. The first kappa shape index (κ1) is 16.4. The number of imide groups is 1. The van der Waals surface area contributed by atoms with Crippen LogP contribution in [0.2, 0.25) is 0 Å². The molecule has 1 aliphatic heterocycles. The zero-order valence-electron chi connectivity index (χ0n) is 13.7. The largest absolute Gasteiger partial charge is 0.346 e. The molecular formula is C18H19N3O2S. The van der Waals surface area contributed by atoms with Gasteiger partial charge in [-0.3, -0.25) is 4.79 Å². The first-order valence-corrected chi connectivity index (χ1v) is 8.66. The Morgan fingerprint density at radius 3 is 2.67 bits per heavy atom. The first-order valence-electron chi connectivity index (χ1n) is 7.78. The lowest BCUT2D eigenvalue weighted by Gasteiger charge is -2.20. The van der Waals surface area contributed by atoms with E-state index in [4.69, 9.17) is 0 Å². The maximum absolute atomic E-state index is 12.6. The van der Waals surface area contributed by atoms with Crippen LogP contribution in [0, 0.1) is 6.92 Å². The number of urea groups is 1. The number of benzene rings is 1. The second-order valence-corrected chi connectivity index (χ2v) is 7.02. The quantitative estimate of drug-likeness (QED) is 0.670. The first-order chi connectivity index (χ1) is 11.5. The fraction of sp³-hybridized carbons (Fsp3) is 0.278. The predicted molar refractivity (Wildman–Crippen MR) is 95.2 cm³/mol. The van der Waals surface area contributed by atoms with Crippen molar-refractivity contribution in [1.82, 2.24) is 10.3 Å². The lowest BCUT2D eigenvalue weighted by atomic mass is 9.93. The Morgan fingerprint density at radius 2 is 2.00 bits per heavy atom. The molecule has 2 aromatic rings. The highest BCUT2D eigenvalue weighted by molar-refractivity contribution is 7.11. The van der Waals surface area contributed by atoms with Crippen LogP contribution < -0.4 is 5.32 Å². The summed E-state index contributed by atoms with van der Waals surface area (Å²) in [6, 6.07) is 11.4. The fourth-order valence-electron chi connectivity index (χ4n) is 2.61. The third kappa shape index (κ3) is 3.23. The number of nitrogens with one attached hydrogen (secondary N) is 1. The van der Waals surface area contributed by atoms with Crippen molar-refractivity contribution in [2.75, 3.05) is 0 Å². The van der Waals surface area contributed by atoms with Gasteiger partial charge in [-0.2, -0.15) is 5.10 Å². The summed E-state index contributed by atoms with van der Waals surface area (Å²) in [5, 5.41) is 9.75. The molecule has 124 valence electrons. The van der Waals surface area contributed by atoms with E-state index in [1.165, 1.54) is 11.3 Å². The van der Waals surface area contributed by atoms with E-state index >= 15 is 0 Å². The van der Waals surface area contributed by atoms with Crippen molar-refractivity contribution in [2.24, 2.45) is 5.10 Å². The molecule has 0 unspecified atom stereocenters. The van der Waals surface area contributed by atoms with Gasteiger partial charge in [-0.1, -0.05) is 30.3 Å². The number of aryl methyl sites for hydroxylation is 2. The standard InChI is InChI=1S/C18H19N3O2S/c1-13-9-11-24-15(13)12-19-21-16(22)18(2,20-17(21)23)10-8-14-6-4-3-5-7-14/h3-7,9,11-12H,8,10H2,1-2H3,(H,20,23)/b19-12-/t18-/m1/s1. The molecule has 5 nitrogen and oxygen atoms in total. The van der Waals surface area contributed by atoms with Crippen LogP contribution in [0.5, 0.6) is 0 Å². The van der Waals surface area contributed by atoms with E-state index in [9.17, 15) is 9.59 Å². The molecule has 0 saturated carbocycles. The van der Waals surface area contributed by atoms with Gasteiger partial charge in [0.15, 0.2) is 0 Å². The number of rotatable bonds is 5. The second-order valence-electron chi connectivity index (χ2n) is 6.08. The third-order valence-corrected chi connectivity index (χ3v) is 5.14. The minimum absolute atomic E-state index is 0.311. The Bertz CT molecular complexity index is 785. The number of amides is 3. The van der Waals surface area contributed by atoms with E-state index < -0.39 is 11.6 Å². The second kappa shape index (κ2) is 6.57. The Labute approximate surface area is 145 Å². The highest BCUT2D eigenvalue weighted by atomic mass is 32.1. The van der Waals surface area contributed by atoms with Crippen molar-refractivity contribution in [3.63, 3.8) is 0 Å². The predicted octanol–water partition coefficient (Wildman–Crippen LogP) is 3.33. The summed E-state index contributed by atoms with van der Waals surface area (Å²) < 4.78 is 0. The fourth-order valence-corrected chi connectivity index (χ4v) is 3.39. The van der Waals surface area contributed by atoms with Crippen molar-refractivity contribution < 1.29 is 9.59 Å². The van der Waals surface area contributed by atoms with E-state index in [0.717, 1.165) is 21.0 Å². The molecule has 0 radical (unpaired) electrons. The van der Waals surface area contributed by atoms with Crippen molar-refractivity contribution in [2.45, 2.75) is 32.2 Å². The SMILES string of the molecule is Cc1ccsc1/C=N\N1C(=O)N[C@](C)(CCc2ccccc2)C1=O. The van der Waals surface area contributed by atoms with Crippen LogP contribution >= 0.6 is 11.3 Å². The lowest BCUT2D eigenvalue weighted by molar-refractivity contribution is -0.130. The van der Waals surface area contributed by atoms with Gasteiger partial charge in [0, 0.05) is 0 Å². The van der Waals surface area contributed by atoms with Crippen molar-refractivity contribution in [3.8, 4) is 0 Å². The molecule has 1 aliphatic rings. The maximum Gasteiger partial charge on any atom is 0.346 e. The molecule has 1 aromatic carbocycles. The molecule has 0 bridgehead atoms. The summed E-state index contributed by atoms with van der Waals surface area (Å²) in [6.45, 7) is 3.72. The zero-order valence-corrected chi connectivity index (χ0v) is 14.5. The monoisotopic (exact) mass is 341 g/mol. The number of hydrazone groups is 1. The van der Waals surface area contributed by atoms with Gasteiger partial charge < -0.3 is 5.32 Å². The van der Waals surface area contributed by atoms with Gasteiger partial charge >= 0.3 is 6.03 Å². The van der Waals surface area contributed by atoms with E-state index in [-0.39, 0.29) is 5.91 Å². The number of carbonyl (C=O) groups is 2. The van der Waals surface area contributed by atoms with Gasteiger partial charge in [0.25, 0.3) is 5.91 Å². The number of carbonyl (C=O) groups excluding carboxylic acids is 2. The normalized spacial score (nSPS) is 20.8. The zero-order chi connectivity index (χ0) is 17.2. The minimum Gasteiger partial charge on any atom is -0.322 e. The van der Waals surface area contributed by atoms with Crippen LogP contribution in [0.4, 0.5) is 4.79 Å². The molecule has 2 heterocycles. The van der Waals surface area contributed by atoms with Crippen LogP contribution in [-0.2, 0) is 11.2 Å². The van der Waals surface area contributed by atoms with Crippen LogP contribution in [0.15, 0.2) is 46.9 Å². The molecule has 6 heteroatoms. The molecule has 24 heavy (non-hydrogen) atoms. The molecule has 1 fully saturated rings. The molecule has 3 rings (SSSR count). The van der Waals surface area contributed by atoms with E-state index in [1.54, 1.807) is 13.1 Å². The number of thiophene rings is 1. The van der Waals surface area contributed by atoms with Crippen molar-refractivity contribution in [1.29, 1.82) is 0 Å². The number of hydrogen-bond donors (Lipinski definition) is 1. The van der Waals surface area contributed by atoms with Gasteiger partial charge in [0.1, 0.15) is 5.54 Å². The maximum atomic E-state index is 12.6. The summed E-state index contributed by atoms with van der Waals surface area (Å²) in [7, 11) is 0. The van der Waals surface area contributed by atoms with Gasteiger partial charge in [-0.25, -0.2) is 4.79 Å². The molecule has 3 amide bonds. The van der Waals surface area contributed by atoms with E-state index in [0.29, 0.717) is 12.8 Å². The Kier molecular flexibility index (Phi) is 4.49. The highest BCUT2D eigenvalue weighted by Crippen LogP contribution is 2.24. The summed E-state index contributed by atoms with van der Waals surface area (Å²) in [6.07, 6.45) is 2.82. The average Bonchev–Trinajstić information content (AvgIpc) is 3.07. The Morgan fingerprint density at radius 1 is 1.25 bits per heavy atom. The summed E-state index contributed by atoms with van der Waals surface area (Å²) >= 11 is 1.52.